The molecule has 3 rings (SSSR count). The number of amides is 1. The van der Waals surface area contributed by atoms with E-state index in [2.05, 4.69) is 20.7 Å². The van der Waals surface area contributed by atoms with Crippen LogP contribution in [0.3, 0.4) is 0 Å². The van der Waals surface area contributed by atoms with Crippen molar-refractivity contribution >= 4 is 12.1 Å². The van der Waals surface area contributed by atoms with Gasteiger partial charge >= 0.3 is 0 Å². The summed E-state index contributed by atoms with van der Waals surface area (Å²) < 4.78 is 5.51. The van der Waals surface area contributed by atoms with Crippen molar-refractivity contribution < 1.29 is 9.53 Å². The van der Waals surface area contributed by atoms with Gasteiger partial charge in [-0.25, -0.2) is 5.43 Å². The van der Waals surface area contributed by atoms with Crippen LogP contribution in [0.4, 0.5) is 0 Å². The van der Waals surface area contributed by atoms with Gasteiger partial charge in [0, 0.05) is 11.1 Å². The van der Waals surface area contributed by atoms with Crippen LogP contribution in [-0.2, 0) is 0 Å². The molecule has 25 heavy (non-hydrogen) atoms. The Bertz CT molecular complexity index is 872. The van der Waals surface area contributed by atoms with Crippen molar-refractivity contribution in [3.63, 3.8) is 0 Å². The summed E-state index contributed by atoms with van der Waals surface area (Å²) >= 11 is 0. The van der Waals surface area contributed by atoms with Crippen molar-refractivity contribution in [3.8, 4) is 17.0 Å². The first-order chi connectivity index (χ1) is 12.3. The third kappa shape index (κ3) is 4.11. The number of aromatic amines is 1. The number of hydrogen-bond acceptors (Lipinski definition) is 4. The summed E-state index contributed by atoms with van der Waals surface area (Å²) in [6.07, 6.45) is 1.55. The van der Waals surface area contributed by atoms with E-state index < -0.39 is 0 Å². The molecule has 1 heterocycles. The second kappa shape index (κ2) is 7.92. The van der Waals surface area contributed by atoms with E-state index in [1.54, 1.807) is 12.3 Å². The summed E-state index contributed by atoms with van der Waals surface area (Å²) in [7, 11) is 0. The van der Waals surface area contributed by atoms with Gasteiger partial charge in [-0.05, 0) is 25.1 Å². The molecule has 0 atom stereocenters. The zero-order chi connectivity index (χ0) is 17.5. The molecule has 0 aliphatic heterocycles. The zero-order valence-corrected chi connectivity index (χ0v) is 13.8. The van der Waals surface area contributed by atoms with Gasteiger partial charge in [-0.1, -0.05) is 42.5 Å². The highest BCUT2D eigenvalue weighted by atomic mass is 16.5. The lowest BCUT2D eigenvalue weighted by atomic mass is 10.1. The van der Waals surface area contributed by atoms with Crippen molar-refractivity contribution in [2.24, 2.45) is 5.10 Å². The largest absolute Gasteiger partial charge is 0.493 e. The molecule has 0 fully saturated rings. The number of H-pyrrole nitrogens is 1. The van der Waals surface area contributed by atoms with Gasteiger partial charge in [0.25, 0.3) is 5.91 Å². The predicted molar refractivity (Wildman–Crippen MR) is 96.7 cm³/mol. The van der Waals surface area contributed by atoms with Crippen molar-refractivity contribution in [3.05, 3.63) is 71.9 Å². The standard InChI is InChI=1S/C19H18N4O2/c1-2-25-18-11-7-6-10-15(18)13-20-23-19(24)17-12-16(21-22-17)14-8-4-3-5-9-14/h3-13H,2H2,1H3,(H,21,22)(H,23,24). The Kier molecular flexibility index (Phi) is 5.21. The molecule has 126 valence electrons. The minimum Gasteiger partial charge on any atom is -0.493 e. The summed E-state index contributed by atoms with van der Waals surface area (Å²) in [5.41, 5.74) is 5.26. The normalized spacial score (nSPS) is 10.8. The Morgan fingerprint density at radius 3 is 2.76 bits per heavy atom. The molecule has 0 aliphatic carbocycles. The number of hydrazone groups is 1. The summed E-state index contributed by atoms with van der Waals surface area (Å²) in [6.45, 7) is 2.48. The monoisotopic (exact) mass is 334 g/mol. The van der Waals surface area contributed by atoms with Gasteiger partial charge in [0.1, 0.15) is 11.4 Å². The lowest BCUT2D eigenvalue weighted by Crippen LogP contribution is -2.18. The van der Waals surface area contributed by atoms with E-state index >= 15 is 0 Å². The average Bonchev–Trinajstić information content (AvgIpc) is 3.14. The molecule has 0 spiro atoms. The fourth-order valence-electron chi connectivity index (χ4n) is 2.29. The third-order valence-electron chi connectivity index (χ3n) is 3.48. The molecular weight excluding hydrogens is 316 g/mol. The quantitative estimate of drug-likeness (QED) is 0.536. The number of rotatable bonds is 6. The van der Waals surface area contributed by atoms with Crippen molar-refractivity contribution in [2.45, 2.75) is 6.92 Å². The number of ether oxygens (including phenoxy) is 1. The Hall–Kier alpha value is -3.41. The molecule has 1 amide bonds. The van der Waals surface area contributed by atoms with Crippen molar-refractivity contribution in [1.82, 2.24) is 15.6 Å². The maximum atomic E-state index is 12.2. The Balaban J connectivity index is 1.66. The van der Waals surface area contributed by atoms with Gasteiger partial charge in [0.15, 0.2) is 0 Å². The molecule has 2 N–H and O–H groups in total. The molecule has 0 bridgehead atoms. The van der Waals surface area contributed by atoms with Gasteiger partial charge in [-0.15, -0.1) is 0 Å². The lowest BCUT2D eigenvalue weighted by Gasteiger charge is -2.05. The molecule has 0 unspecified atom stereocenters. The number of carbonyl (C=O) groups excluding carboxylic acids is 1. The highest BCUT2D eigenvalue weighted by molar-refractivity contribution is 5.94. The van der Waals surface area contributed by atoms with Crippen LogP contribution in [0.15, 0.2) is 65.8 Å². The second-order valence-electron chi connectivity index (χ2n) is 5.20. The molecule has 0 saturated carbocycles. The van der Waals surface area contributed by atoms with Gasteiger partial charge in [-0.3, -0.25) is 9.89 Å². The Morgan fingerprint density at radius 2 is 1.96 bits per heavy atom. The maximum Gasteiger partial charge on any atom is 0.289 e. The van der Waals surface area contributed by atoms with E-state index in [-0.39, 0.29) is 5.91 Å². The first-order valence-electron chi connectivity index (χ1n) is 7.94. The average molecular weight is 334 g/mol. The van der Waals surface area contributed by atoms with Crippen LogP contribution in [0.5, 0.6) is 5.75 Å². The minimum absolute atomic E-state index is 0.342. The summed E-state index contributed by atoms with van der Waals surface area (Å²) in [4.78, 5) is 12.2. The van der Waals surface area contributed by atoms with Gasteiger partial charge in [0.2, 0.25) is 0 Å². The highest BCUT2D eigenvalue weighted by Gasteiger charge is 2.10. The van der Waals surface area contributed by atoms with Crippen LogP contribution in [0.25, 0.3) is 11.3 Å². The van der Waals surface area contributed by atoms with Crippen LogP contribution in [0.2, 0.25) is 0 Å². The second-order valence-corrected chi connectivity index (χ2v) is 5.20. The number of aromatic nitrogens is 2. The fourth-order valence-corrected chi connectivity index (χ4v) is 2.29. The molecule has 6 heteroatoms. The topological polar surface area (TPSA) is 79.4 Å². The smallest absolute Gasteiger partial charge is 0.289 e. The number of nitrogens with one attached hydrogen (secondary N) is 2. The van der Waals surface area contributed by atoms with Crippen LogP contribution < -0.4 is 10.2 Å². The third-order valence-corrected chi connectivity index (χ3v) is 3.48. The molecule has 1 aromatic heterocycles. The molecule has 0 radical (unpaired) electrons. The lowest BCUT2D eigenvalue weighted by molar-refractivity contribution is 0.0950. The number of carbonyl (C=O) groups is 1. The van der Waals surface area contributed by atoms with Crippen LogP contribution in [0.1, 0.15) is 23.0 Å². The summed E-state index contributed by atoms with van der Waals surface area (Å²) in [6, 6.07) is 18.8. The fraction of sp³-hybridized carbons (Fsp3) is 0.105. The summed E-state index contributed by atoms with van der Waals surface area (Å²) in [5.74, 6) is 0.357. The molecule has 2 aromatic carbocycles. The SMILES string of the molecule is CCOc1ccccc1C=NNC(=O)c1cc(-c2ccccc2)n[nH]1. The van der Waals surface area contributed by atoms with E-state index in [0.29, 0.717) is 18.0 Å². The van der Waals surface area contributed by atoms with Gasteiger partial charge in [-0.2, -0.15) is 10.2 Å². The molecule has 0 saturated heterocycles. The van der Waals surface area contributed by atoms with Crippen LogP contribution in [0, 0.1) is 0 Å². The highest BCUT2D eigenvalue weighted by Crippen LogP contribution is 2.17. The molecule has 3 aromatic rings. The van der Waals surface area contributed by atoms with Crippen molar-refractivity contribution in [2.75, 3.05) is 6.61 Å². The first-order valence-corrected chi connectivity index (χ1v) is 7.94. The Morgan fingerprint density at radius 1 is 1.20 bits per heavy atom. The summed E-state index contributed by atoms with van der Waals surface area (Å²) in [5, 5.41) is 10.9. The van der Waals surface area contributed by atoms with E-state index in [1.165, 1.54) is 0 Å². The maximum absolute atomic E-state index is 12.2. The van der Waals surface area contributed by atoms with Crippen molar-refractivity contribution in [1.29, 1.82) is 0 Å². The van der Waals surface area contributed by atoms with Gasteiger partial charge in [0.05, 0.1) is 18.5 Å². The molecule has 0 aliphatic rings. The van der Waals surface area contributed by atoms with E-state index in [9.17, 15) is 4.79 Å². The molecular formula is C19H18N4O2. The zero-order valence-electron chi connectivity index (χ0n) is 13.8. The number of benzene rings is 2. The molecule has 6 nitrogen and oxygen atoms in total. The first kappa shape index (κ1) is 16.4. The van der Waals surface area contributed by atoms with Crippen LogP contribution in [-0.4, -0.2) is 28.9 Å². The van der Waals surface area contributed by atoms with E-state index in [1.807, 2.05) is 61.5 Å². The van der Waals surface area contributed by atoms with E-state index in [4.69, 9.17) is 4.74 Å². The predicted octanol–water partition coefficient (Wildman–Crippen LogP) is 3.24. The van der Waals surface area contributed by atoms with Gasteiger partial charge < -0.3 is 4.74 Å². The minimum atomic E-state index is -0.361. The number of hydrogen-bond donors (Lipinski definition) is 2. The van der Waals surface area contributed by atoms with Crippen LogP contribution >= 0.6 is 0 Å². The number of nitrogens with zero attached hydrogens (tertiary/aromatic N) is 2. The Labute approximate surface area is 145 Å². The number of para-hydroxylation sites is 1. The van der Waals surface area contributed by atoms with E-state index in [0.717, 1.165) is 16.9 Å².